The topological polar surface area (TPSA) is 76.8 Å². The van der Waals surface area contributed by atoms with Gasteiger partial charge in [0, 0.05) is 0 Å². The minimum Gasteiger partial charge on any atom is -0.369 e. The van der Waals surface area contributed by atoms with Gasteiger partial charge in [-0.05, 0) is 47.4 Å². The first kappa shape index (κ1) is 13.7. The van der Waals surface area contributed by atoms with Crippen LogP contribution in [0.2, 0.25) is 0 Å². The zero-order valence-corrected chi connectivity index (χ0v) is 11.0. The van der Waals surface area contributed by atoms with Gasteiger partial charge >= 0.3 is 0 Å². The number of nitrogens with two attached hydrogens (primary N) is 2. The van der Waals surface area contributed by atoms with Gasteiger partial charge in [-0.15, -0.1) is 5.10 Å². The Morgan fingerprint density at radius 3 is 2.65 bits per heavy atom. The molecule has 0 saturated heterocycles. The molecule has 20 heavy (non-hydrogen) atoms. The number of benzene rings is 2. The van der Waals surface area contributed by atoms with Crippen molar-refractivity contribution in [3.63, 3.8) is 0 Å². The second kappa shape index (κ2) is 5.97. The maximum absolute atomic E-state index is 13.1. The summed E-state index contributed by atoms with van der Waals surface area (Å²) in [4.78, 5) is 0. The molecule has 0 aliphatic carbocycles. The first-order chi connectivity index (χ1) is 9.56. The normalized spacial score (nSPS) is 10.7. The lowest BCUT2D eigenvalue weighted by atomic mass is 9.99. The van der Waals surface area contributed by atoms with Crippen molar-refractivity contribution in [2.24, 2.45) is 21.7 Å². The van der Waals surface area contributed by atoms with E-state index in [4.69, 9.17) is 11.5 Å². The largest absolute Gasteiger partial charge is 0.369 e. The lowest BCUT2D eigenvalue weighted by molar-refractivity contribution is 0.627. The van der Waals surface area contributed by atoms with Gasteiger partial charge in [0.05, 0.1) is 6.21 Å². The molecule has 0 amide bonds. The van der Waals surface area contributed by atoms with E-state index in [9.17, 15) is 4.39 Å². The SMILES string of the molecule is Cc1cc(F)ccc1-c1cccc(C=NN=C(N)N)c1. The number of nitrogens with zero attached hydrogens (tertiary/aromatic N) is 2. The summed E-state index contributed by atoms with van der Waals surface area (Å²) in [5, 5.41) is 7.31. The van der Waals surface area contributed by atoms with Gasteiger partial charge in [-0.25, -0.2) is 4.39 Å². The Kier molecular flexibility index (Phi) is 4.10. The highest BCUT2D eigenvalue weighted by atomic mass is 19.1. The molecule has 0 bridgehead atoms. The number of rotatable bonds is 3. The first-order valence-electron chi connectivity index (χ1n) is 6.05. The molecule has 4 nitrogen and oxygen atoms in total. The minimum absolute atomic E-state index is 0.0909. The van der Waals surface area contributed by atoms with E-state index in [1.165, 1.54) is 12.1 Å². The van der Waals surface area contributed by atoms with Gasteiger partial charge in [-0.3, -0.25) is 0 Å². The van der Waals surface area contributed by atoms with Gasteiger partial charge in [0.1, 0.15) is 5.82 Å². The Bertz CT molecular complexity index is 673. The Hall–Kier alpha value is -2.69. The third-order valence-corrected chi connectivity index (χ3v) is 2.77. The minimum atomic E-state index is -0.239. The van der Waals surface area contributed by atoms with Crippen molar-refractivity contribution in [2.75, 3.05) is 0 Å². The van der Waals surface area contributed by atoms with Crippen LogP contribution in [-0.4, -0.2) is 12.2 Å². The van der Waals surface area contributed by atoms with Gasteiger partial charge in [-0.1, -0.05) is 24.3 Å². The summed E-state index contributed by atoms with van der Waals surface area (Å²) in [7, 11) is 0. The molecule has 102 valence electrons. The van der Waals surface area contributed by atoms with Gasteiger partial charge in [-0.2, -0.15) is 5.10 Å². The van der Waals surface area contributed by atoms with Crippen molar-refractivity contribution in [3.8, 4) is 11.1 Å². The van der Waals surface area contributed by atoms with E-state index in [0.29, 0.717) is 0 Å². The molecule has 5 heteroatoms. The summed E-state index contributed by atoms with van der Waals surface area (Å²) >= 11 is 0. The number of guanidine groups is 1. The first-order valence-corrected chi connectivity index (χ1v) is 6.05. The Morgan fingerprint density at radius 2 is 1.95 bits per heavy atom. The molecule has 2 aromatic rings. The molecule has 0 radical (unpaired) electrons. The second-order valence-corrected chi connectivity index (χ2v) is 4.35. The second-order valence-electron chi connectivity index (χ2n) is 4.35. The average molecular weight is 270 g/mol. The van der Waals surface area contributed by atoms with Crippen LogP contribution in [0, 0.1) is 12.7 Å². The van der Waals surface area contributed by atoms with Crippen LogP contribution in [0.3, 0.4) is 0 Å². The highest BCUT2D eigenvalue weighted by Crippen LogP contribution is 2.24. The number of hydrogen-bond acceptors (Lipinski definition) is 2. The molecule has 0 aliphatic heterocycles. The van der Waals surface area contributed by atoms with Crippen LogP contribution in [-0.2, 0) is 0 Å². The van der Waals surface area contributed by atoms with Crippen LogP contribution in [0.1, 0.15) is 11.1 Å². The Morgan fingerprint density at radius 1 is 1.15 bits per heavy atom. The van der Waals surface area contributed by atoms with E-state index < -0.39 is 0 Å². The lowest BCUT2D eigenvalue weighted by Gasteiger charge is -2.06. The molecule has 0 heterocycles. The van der Waals surface area contributed by atoms with Crippen LogP contribution in [0.15, 0.2) is 52.7 Å². The van der Waals surface area contributed by atoms with Gasteiger partial charge in [0.15, 0.2) is 0 Å². The van der Waals surface area contributed by atoms with Crippen LogP contribution in [0.5, 0.6) is 0 Å². The number of hydrogen-bond donors (Lipinski definition) is 2. The number of aryl methyl sites for hydroxylation is 1. The maximum atomic E-state index is 13.1. The third-order valence-electron chi connectivity index (χ3n) is 2.77. The Labute approximate surface area is 116 Å². The maximum Gasteiger partial charge on any atom is 0.211 e. The molecule has 4 N–H and O–H groups in total. The summed E-state index contributed by atoms with van der Waals surface area (Å²) in [6.45, 7) is 1.87. The zero-order chi connectivity index (χ0) is 14.5. The molecule has 0 spiro atoms. The third kappa shape index (κ3) is 3.41. The highest BCUT2D eigenvalue weighted by Gasteiger charge is 2.03. The standard InChI is InChI=1S/C15H15FN4/c1-10-7-13(16)5-6-14(10)12-4-2-3-11(8-12)9-19-20-15(17)18/h2-9H,1H3,(H4,17,18,20). The van der Waals surface area contributed by atoms with E-state index >= 15 is 0 Å². The molecule has 0 fully saturated rings. The van der Waals surface area contributed by atoms with Crippen molar-refractivity contribution in [3.05, 3.63) is 59.4 Å². The van der Waals surface area contributed by atoms with Crippen molar-refractivity contribution in [1.82, 2.24) is 0 Å². The molecule has 0 atom stereocenters. The van der Waals surface area contributed by atoms with Crippen LogP contribution >= 0.6 is 0 Å². The fourth-order valence-electron chi connectivity index (χ4n) is 1.90. The van der Waals surface area contributed by atoms with Crippen LogP contribution in [0.25, 0.3) is 11.1 Å². The summed E-state index contributed by atoms with van der Waals surface area (Å²) in [6.07, 6.45) is 1.56. The fraction of sp³-hybridized carbons (Fsp3) is 0.0667. The molecule has 0 aliphatic rings. The monoisotopic (exact) mass is 270 g/mol. The number of halogens is 1. The quantitative estimate of drug-likeness (QED) is 0.510. The van der Waals surface area contributed by atoms with Gasteiger partial charge in [0.2, 0.25) is 5.96 Å². The van der Waals surface area contributed by atoms with Crippen molar-refractivity contribution < 1.29 is 4.39 Å². The average Bonchev–Trinajstić information content (AvgIpc) is 2.38. The van der Waals surface area contributed by atoms with Crippen LogP contribution < -0.4 is 11.5 Å². The summed E-state index contributed by atoms with van der Waals surface area (Å²) in [5.74, 6) is -0.330. The lowest BCUT2D eigenvalue weighted by Crippen LogP contribution is -2.21. The summed E-state index contributed by atoms with van der Waals surface area (Å²) < 4.78 is 13.1. The molecular formula is C15H15FN4. The van der Waals surface area contributed by atoms with E-state index in [2.05, 4.69) is 10.2 Å². The van der Waals surface area contributed by atoms with E-state index in [1.54, 1.807) is 12.3 Å². The predicted octanol–water partition coefficient (Wildman–Crippen LogP) is 2.41. The smallest absolute Gasteiger partial charge is 0.211 e. The van der Waals surface area contributed by atoms with Gasteiger partial charge < -0.3 is 11.5 Å². The Balaban J connectivity index is 2.34. The van der Waals surface area contributed by atoms with Crippen LogP contribution in [0.4, 0.5) is 4.39 Å². The van der Waals surface area contributed by atoms with E-state index in [-0.39, 0.29) is 11.8 Å². The fourth-order valence-corrected chi connectivity index (χ4v) is 1.90. The van der Waals surface area contributed by atoms with Crippen molar-refractivity contribution in [2.45, 2.75) is 6.92 Å². The zero-order valence-electron chi connectivity index (χ0n) is 11.0. The summed E-state index contributed by atoms with van der Waals surface area (Å²) in [6, 6.07) is 12.4. The molecule has 2 rings (SSSR count). The predicted molar refractivity (Wildman–Crippen MR) is 80.0 cm³/mol. The van der Waals surface area contributed by atoms with Crippen molar-refractivity contribution >= 4 is 12.2 Å². The molecule has 2 aromatic carbocycles. The summed E-state index contributed by atoms with van der Waals surface area (Å²) in [5.41, 5.74) is 14.1. The molecular weight excluding hydrogens is 255 g/mol. The van der Waals surface area contributed by atoms with Crippen molar-refractivity contribution in [1.29, 1.82) is 0 Å². The molecule has 0 unspecified atom stereocenters. The molecule has 0 aromatic heterocycles. The molecule has 0 saturated carbocycles. The van der Waals surface area contributed by atoms with E-state index in [0.717, 1.165) is 22.3 Å². The van der Waals surface area contributed by atoms with Gasteiger partial charge in [0.25, 0.3) is 0 Å². The van der Waals surface area contributed by atoms with E-state index in [1.807, 2.05) is 31.2 Å². The highest BCUT2D eigenvalue weighted by molar-refractivity contribution is 5.84.